The van der Waals surface area contributed by atoms with Gasteiger partial charge in [-0.15, -0.1) is 0 Å². The Hall–Kier alpha value is -2.48. The van der Waals surface area contributed by atoms with Gasteiger partial charge in [-0.25, -0.2) is 4.79 Å². The summed E-state index contributed by atoms with van der Waals surface area (Å²) < 4.78 is 18.5. The Bertz CT molecular complexity index is 992. The van der Waals surface area contributed by atoms with Crippen molar-refractivity contribution in [3.8, 4) is 0 Å². The van der Waals surface area contributed by atoms with Gasteiger partial charge in [0.15, 0.2) is 5.60 Å². The van der Waals surface area contributed by atoms with Gasteiger partial charge >= 0.3 is 5.97 Å². The van der Waals surface area contributed by atoms with E-state index in [1.165, 1.54) is 0 Å². The third-order valence-electron chi connectivity index (χ3n) is 5.96. The maximum absolute atomic E-state index is 13.1. The van der Waals surface area contributed by atoms with Gasteiger partial charge < -0.3 is 23.9 Å². The molecule has 3 aliphatic heterocycles. The van der Waals surface area contributed by atoms with E-state index in [9.17, 15) is 14.7 Å². The molecule has 7 heteroatoms. The van der Waals surface area contributed by atoms with E-state index in [2.05, 4.69) is 0 Å². The maximum Gasteiger partial charge on any atom is 0.343 e. The summed E-state index contributed by atoms with van der Waals surface area (Å²) in [6.45, 7) is 1.24. The highest BCUT2D eigenvalue weighted by atomic mass is 16.7. The van der Waals surface area contributed by atoms with Crippen molar-refractivity contribution in [2.45, 2.75) is 43.8 Å². The summed E-state index contributed by atoms with van der Waals surface area (Å²) in [7, 11) is 0. The molecule has 3 aliphatic rings. The molecule has 0 amide bonds. The first kappa shape index (κ1) is 17.6. The largest absolute Gasteiger partial charge is 0.458 e. The molecule has 0 radical (unpaired) electrons. The van der Waals surface area contributed by atoms with Crippen molar-refractivity contribution in [2.75, 3.05) is 13.2 Å². The molecule has 4 heterocycles. The molecule has 7 nitrogen and oxygen atoms in total. The number of carbonyl (C=O) groups excluding carboxylic acids is 1. The number of nitrogens with zero attached hydrogens (tertiary/aromatic N) is 1. The molecule has 1 spiro atoms. The number of hydrogen-bond acceptors (Lipinski definition) is 6. The number of aliphatic hydroxyl groups is 1. The van der Waals surface area contributed by atoms with Gasteiger partial charge in [0.25, 0.3) is 5.56 Å². The smallest absolute Gasteiger partial charge is 0.343 e. The fourth-order valence-corrected chi connectivity index (χ4v) is 4.44. The molecule has 1 N–H and O–H groups in total. The molecule has 1 atom stereocenters. The van der Waals surface area contributed by atoms with Gasteiger partial charge in [0, 0.05) is 18.5 Å². The molecule has 0 unspecified atom stereocenters. The Morgan fingerprint density at radius 3 is 2.61 bits per heavy atom. The lowest BCUT2D eigenvalue weighted by Gasteiger charge is -2.33. The average Bonchev–Trinajstić information content (AvgIpc) is 3.33. The van der Waals surface area contributed by atoms with Gasteiger partial charge in [0.05, 0.1) is 24.5 Å². The summed E-state index contributed by atoms with van der Waals surface area (Å²) in [6, 6.07) is 11.3. The van der Waals surface area contributed by atoms with E-state index in [0.717, 1.165) is 5.56 Å². The third-order valence-corrected chi connectivity index (χ3v) is 5.96. The van der Waals surface area contributed by atoms with Crippen LogP contribution in [0.15, 0.2) is 41.2 Å². The maximum atomic E-state index is 13.1. The van der Waals surface area contributed by atoms with Gasteiger partial charge in [-0.3, -0.25) is 4.79 Å². The summed E-state index contributed by atoms with van der Waals surface area (Å²) in [5.74, 6) is -1.68. The normalized spacial score (nSPS) is 24.8. The van der Waals surface area contributed by atoms with Gasteiger partial charge in [0.1, 0.15) is 6.61 Å². The lowest BCUT2D eigenvalue weighted by molar-refractivity contribution is -0.173. The highest BCUT2D eigenvalue weighted by molar-refractivity contribution is 5.83. The molecule has 1 fully saturated rings. The second-order valence-corrected chi connectivity index (χ2v) is 7.50. The minimum atomic E-state index is -1.87. The quantitative estimate of drug-likeness (QED) is 0.805. The summed E-state index contributed by atoms with van der Waals surface area (Å²) in [5.41, 5.74) is 0.0780. The zero-order chi connectivity index (χ0) is 19.4. The van der Waals surface area contributed by atoms with E-state index >= 15 is 0 Å². The van der Waals surface area contributed by atoms with Crippen LogP contribution in [-0.4, -0.2) is 28.9 Å². The number of esters is 1. The average molecular weight is 383 g/mol. The van der Waals surface area contributed by atoms with Crippen LogP contribution in [0.4, 0.5) is 0 Å². The number of aromatic nitrogens is 1. The summed E-state index contributed by atoms with van der Waals surface area (Å²) in [4.78, 5) is 25.6. The number of pyridine rings is 1. The number of carbonyl (C=O) groups is 1. The van der Waals surface area contributed by atoms with Crippen LogP contribution in [0.1, 0.15) is 35.2 Å². The van der Waals surface area contributed by atoms with Crippen LogP contribution in [0.5, 0.6) is 0 Å². The molecule has 1 aromatic heterocycles. The van der Waals surface area contributed by atoms with Crippen LogP contribution in [0.25, 0.3) is 0 Å². The highest BCUT2D eigenvalue weighted by Crippen LogP contribution is 2.43. The van der Waals surface area contributed by atoms with E-state index in [-0.39, 0.29) is 18.6 Å². The van der Waals surface area contributed by atoms with E-state index in [1.54, 1.807) is 10.6 Å². The molecule has 0 bridgehead atoms. The fourth-order valence-electron chi connectivity index (χ4n) is 4.44. The first-order valence-corrected chi connectivity index (χ1v) is 9.53. The first-order chi connectivity index (χ1) is 13.5. The fraction of sp³-hybridized carbons (Fsp3) is 0.429. The minimum absolute atomic E-state index is 0.125. The molecule has 0 aliphatic carbocycles. The van der Waals surface area contributed by atoms with Crippen LogP contribution in [0.2, 0.25) is 0 Å². The molecule has 28 heavy (non-hydrogen) atoms. The van der Waals surface area contributed by atoms with Crippen molar-refractivity contribution >= 4 is 5.97 Å². The van der Waals surface area contributed by atoms with Crippen molar-refractivity contribution in [2.24, 2.45) is 0 Å². The standard InChI is InChI=1S/C21H21NO6/c23-18-15-13-26-19(24)20(25,7-6-14-4-2-1-3-5-14)16(15)12-17-21(8-9-22(17)18)27-10-11-28-21/h1-5,12,25H,6-11,13H2/t20-/m0/s1. The Morgan fingerprint density at radius 2 is 1.86 bits per heavy atom. The predicted molar refractivity (Wildman–Crippen MR) is 97.4 cm³/mol. The Kier molecular flexibility index (Phi) is 3.94. The Balaban J connectivity index is 1.59. The molecular formula is C21H21NO6. The molecular weight excluding hydrogens is 362 g/mol. The van der Waals surface area contributed by atoms with Crippen LogP contribution in [-0.2, 0) is 50.0 Å². The highest BCUT2D eigenvalue weighted by Gasteiger charge is 2.50. The number of fused-ring (bicyclic) bond motifs is 3. The van der Waals surface area contributed by atoms with E-state index in [1.807, 2.05) is 30.3 Å². The lowest BCUT2D eigenvalue weighted by Crippen LogP contribution is -2.45. The SMILES string of the molecule is O=C1OCc2c(cc3n(c2=O)CCC32OCCO2)[C@@]1(O)CCc1ccccc1. The van der Waals surface area contributed by atoms with Crippen LogP contribution >= 0.6 is 0 Å². The van der Waals surface area contributed by atoms with Crippen molar-refractivity contribution in [1.82, 2.24) is 4.57 Å². The van der Waals surface area contributed by atoms with E-state index < -0.39 is 17.4 Å². The number of rotatable bonds is 3. The van der Waals surface area contributed by atoms with Crippen LogP contribution in [0, 0.1) is 0 Å². The number of cyclic esters (lactones) is 1. The monoisotopic (exact) mass is 383 g/mol. The third kappa shape index (κ3) is 2.47. The van der Waals surface area contributed by atoms with Crippen molar-refractivity contribution in [3.63, 3.8) is 0 Å². The molecule has 1 aromatic carbocycles. The van der Waals surface area contributed by atoms with Crippen molar-refractivity contribution in [1.29, 1.82) is 0 Å². The predicted octanol–water partition coefficient (Wildman–Crippen LogP) is 1.33. The Morgan fingerprint density at radius 1 is 1.11 bits per heavy atom. The number of aryl methyl sites for hydroxylation is 1. The number of ether oxygens (including phenoxy) is 3. The summed E-state index contributed by atoms with van der Waals surface area (Å²) in [6.07, 6.45) is 1.13. The number of benzene rings is 1. The summed E-state index contributed by atoms with van der Waals surface area (Å²) in [5, 5.41) is 11.3. The van der Waals surface area contributed by atoms with Crippen LogP contribution < -0.4 is 5.56 Å². The second-order valence-electron chi connectivity index (χ2n) is 7.50. The first-order valence-electron chi connectivity index (χ1n) is 9.53. The topological polar surface area (TPSA) is 87.0 Å². The summed E-state index contributed by atoms with van der Waals surface area (Å²) >= 11 is 0. The minimum Gasteiger partial charge on any atom is -0.458 e. The molecule has 1 saturated heterocycles. The van der Waals surface area contributed by atoms with Gasteiger partial charge in [-0.2, -0.15) is 0 Å². The molecule has 5 rings (SSSR count). The van der Waals surface area contributed by atoms with Crippen molar-refractivity contribution < 1.29 is 24.1 Å². The van der Waals surface area contributed by atoms with Gasteiger partial charge in [0.2, 0.25) is 5.79 Å². The molecule has 0 saturated carbocycles. The van der Waals surface area contributed by atoms with Gasteiger partial charge in [-0.1, -0.05) is 30.3 Å². The van der Waals surface area contributed by atoms with Crippen LogP contribution in [0.3, 0.4) is 0 Å². The Labute approximate surface area is 161 Å². The van der Waals surface area contributed by atoms with Crippen molar-refractivity contribution in [3.05, 3.63) is 69.1 Å². The number of hydrogen-bond donors (Lipinski definition) is 1. The zero-order valence-electron chi connectivity index (χ0n) is 15.3. The van der Waals surface area contributed by atoms with E-state index in [4.69, 9.17) is 14.2 Å². The second kappa shape index (κ2) is 6.27. The van der Waals surface area contributed by atoms with Gasteiger partial charge in [-0.05, 0) is 24.5 Å². The lowest BCUT2D eigenvalue weighted by atomic mass is 9.83. The zero-order valence-corrected chi connectivity index (χ0v) is 15.3. The molecule has 2 aromatic rings. The molecule has 146 valence electrons. The van der Waals surface area contributed by atoms with E-state index in [0.29, 0.717) is 49.4 Å².